The van der Waals surface area contributed by atoms with Gasteiger partial charge in [-0.3, -0.25) is 0 Å². The topological polar surface area (TPSA) is 15.1 Å². The first-order valence-electron chi connectivity index (χ1n) is 5.33. The molecule has 0 aromatic rings. The highest BCUT2D eigenvalue weighted by Crippen LogP contribution is 2.03. The Bertz CT molecular complexity index is 97.5. The monoisotopic (exact) mass is 187 g/mol. The molecule has 1 radical (unpaired) electrons. The number of hydrogen-bond donors (Lipinski definition) is 0. The summed E-state index contributed by atoms with van der Waals surface area (Å²) in [4.78, 5) is 5.71. The molecule has 2 heteroatoms. The lowest BCUT2D eigenvalue weighted by molar-refractivity contribution is -0.116. The van der Waals surface area contributed by atoms with Gasteiger partial charge in [-0.2, -0.15) is 0 Å². The Morgan fingerprint density at radius 2 is 1.23 bits per heavy atom. The highest BCUT2D eigenvalue weighted by atomic mass is 16.7. The third-order valence-corrected chi connectivity index (χ3v) is 1.50. The van der Waals surface area contributed by atoms with Gasteiger partial charge in [0.15, 0.2) is 13.1 Å². The zero-order valence-electron chi connectivity index (χ0n) is 10.0. The maximum atomic E-state index is 5.71. The van der Waals surface area contributed by atoms with Gasteiger partial charge in [-0.15, -0.1) is 4.84 Å². The Balaban J connectivity index is 3.87. The Labute approximate surface area is 83.2 Å². The van der Waals surface area contributed by atoms with Crippen molar-refractivity contribution < 1.29 is 4.84 Å². The van der Waals surface area contributed by atoms with E-state index in [2.05, 4.69) is 46.6 Å². The van der Waals surface area contributed by atoms with Crippen LogP contribution in [-0.2, 0) is 4.84 Å². The molecule has 0 aliphatic carbocycles. The van der Waals surface area contributed by atoms with Crippen LogP contribution in [0, 0.1) is 11.8 Å². The highest BCUT2D eigenvalue weighted by molar-refractivity contribution is 4.59. The van der Waals surface area contributed by atoms with Gasteiger partial charge in [0.05, 0.1) is 0 Å². The van der Waals surface area contributed by atoms with Crippen molar-refractivity contribution in [3.8, 4) is 0 Å². The molecular formula is C11H25NO+. The van der Waals surface area contributed by atoms with E-state index < -0.39 is 0 Å². The van der Waals surface area contributed by atoms with Gasteiger partial charge >= 0.3 is 0 Å². The van der Waals surface area contributed by atoms with Crippen LogP contribution in [0.15, 0.2) is 0 Å². The SMILES string of the molecule is CC(C)C[N+](CC(C)C)OC(C)C. The molecule has 13 heavy (non-hydrogen) atoms. The van der Waals surface area contributed by atoms with Crippen LogP contribution in [0.25, 0.3) is 0 Å². The maximum Gasteiger partial charge on any atom is 0.162 e. The fourth-order valence-electron chi connectivity index (χ4n) is 1.27. The first-order chi connectivity index (χ1) is 5.91. The zero-order chi connectivity index (χ0) is 10.4. The van der Waals surface area contributed by atoms with Crippen LogP contribution in [0.2, 0.25) is 0 Å². The van der Waals surface area contributed by atoms with Crippen LogP contribution in [0.3, 0.4) is 0 Å². The number of hydrogen-bond acceptors (Lipinski definition) is 2. The minimum atomic E-state index is 0.289. The lowest BCUT2D eigenvalue weighted by Crippen LogP contribution is -2.39. The van der Waals surface area contributed by atoms with Gasteiger partial charge in [0.1, 0.15) is 6.10 Å². The number of hydroxylamine groups is 2. The zero-order valence-corrected chi connectivity index (χ0v) is 10.0. The van der Waals surface area contributed by atoms with E-state index in [9.17, 15) is 0 Å². The smallest absolute Gasteiger partial charge is 0.146 e. The predicted octanol–water partition coefficient (Wildman–Crippen LogP) is 2.78. The van der Waals surface area contributed by atoms with E-state index in [4.69, 9.17) is 4.84 Å². The summed E-state index contributed by atoms with van der Waals surface area (Å²) in [5.41, 5.74) is 0. The van der Waals surface area contributed by atoms with Crippen LogP contribution in [0.5, 0.6) is 0 Å². The van der Waals surface area contributed by atoms with Crippen molar-refractivity contribution in [3.05, 3.63) is 0 Å². The summed E-state index contributed by atoms with van der Waals surface area (Å²) >= 11 is 0. The second-order valence-electron chi connectivity index (χ2n) is 4.79. The fourth-order valence-corrected chi connectivity index (χ4v) is 1.27. The number of nitrogens with zero attached hydrogens (tertiary/aromatic N) is 1. The molecule has 0 heterocycles. The largest absolute Gasteiger partial charge is 0.162 e. The van der Waals surface area contributed by atoms with Gasteiger partial charge in [0, 0.05) is 11.8 Å². The van der Waals surface area contributed by atoms with Crippen molar-refractivity contribution in [3.63, 3.8) is 0 Å². The van der Waals surface area contributed by atoms with E-state index in [1.807, 2.05) is 0 Å². The van der Waals surface area contributed by atoms with Crippen molar-refractivity contribution in [1.29, 1.82) is 0 Å². The van der Waals surface area contributed by atoms with Crippen LogP contribution < -0.4 is 5.06 Å². The van der Waals surface area contributed by atoms with Crippen molar-refractivity contribution in [2.24, 2.45) is 11.8 Å². The van der Waals surface area contributed by atoms with Crippen LogP contribution in [0.4, 0.5) is 0 Å². The molecule has 2 nitrogen and oxygen atoms in total. The molecular weight excluding hydrogens is 162 g/mol. The third-order valence-electron chi connectivity index (χ3n) is 1.50. The molecule has 79 valence electrons. The molecule has 0 aromatic heterocycles. The van der Waals surface area contributed by atoms with E-state index in [-0.39, 0.29) is 6.10 Å². The minimum absolute atomic E-state index is 0.289. The first-order valence-corrected chi connectivity index (χ1v) is 5.33. The standard InChI is InChI=1S/C11H25NO/c1-9(2)7-12(8-10(3)4)13-11(5)6/h9-11H,7-8H2,1-6H3/q+1. The molecule has 0 amide bonds. The maximum absolute atomic E-state index is 5.71. The fraction of sp³-hybridized carbons (Fsp3) is 1.00. The van der Waals surface area contributed by atoms with Crippen molar-refractivity contribution in [2.75, 3.05) is 13.1 Å². The molecule has 0 saturated carbocycles. The summed E-state index contributed by atoms with van der Waals surface area (Å²) in [6.45, 7) is 15.1. The van der Waals surface area contributed by atoms with E-state index in [0.29, 0.717) is 11.8 Å². The molecule has 0 fully saturated rings. The van der Waals surface area contributed by atoms with Gasteiger partial charge in [0.2, 0.25) is 0 Å². The molecule has 0 spiro atoms. The molecule has 0 atom stereocenters. The lowest BCUT2D eigenvalue weighted by Gasteiger charge is -2.15. The van der Waals surface area contributed by atoms with Gasteiger partial charge in [-0.05, 0) is 18.9 Å². The average molecular weight is 187 g/mol. The lowest BCUT2D eigenvalue weighted by atomic mass is 10.2. The summed E-state index contributed by atoms with van der Waals surface area (Å²) in [6, 6.07) is 0. The summed E-state index contributed by atoms with van der Waals surface area (Å²) in [5, 5.41) is 2.10. The second kappa shape index (κ2) is 6.39. The van der Waals surface area contributed by atoms with Crippen molar-refractivity contribution in [2.45, 2.75) is 47.6 Å². The van der Waals surface area contributed by atoms with Gasteiger partial charge in [0.25, 0.3) is 0 Å². The molecule has 0 aromatic carbocycles. The molecule has 0 bridgehead atoms. The third kappa shape index (κ3) is 8.26. The summed E-state index contributed by atoms with van der Waals surface area (Å²) in [5.74, 6) is 1.33. The van der Waals surface area contributed by atoms with Crippen molar-refractivity contribution in [1.82, 2.24) is 5.06 Å². The Morgan fingerprint density at radius 1 is 0.846 bits per heavy atom. The highest BCUT2D eigenvalue weighted by Gasteiger charge is 2.22. The van der Waals surface area contributed by atoms with Crippen molar-refractivity contribution >= 4 is 0 Å². The summed E-state index contributed by atoms with van der Waals surface area (Å²) < 4.78 is 0. The quantitative estimate of drug-likeness (QED) is 0.461. The van der Waals surface area contributed by atoms with Gasteiger partial charge in [-0.25, -0.2) is 0 Å². The van der Waals surface area contributed by atoms with E-state index >= 15 is 0 Å². The van der Waals surface area contributed by atoms with Crippen LogP contribution in [0.1, 0.15) is 41.5 Å². The second-order valence-corrected chi connectivity index (χ2v) is 4.79. The average Bonchev–Trinajstić information content (AvgIpc) is 1.80. The molecule has 0 N–H and O–H groups in total. The summed E-state index contributed by atoms with van der Waals surface area (Å²) in [6.07, 6.45) is 0.289. The van der Waals surface area contributed by atoms with Gasteiger partial charge < -0.3 is 0 Å². The molecule has 0 unspecified atom stereocenters. The van der Waals surface area contributed by atoms with E-state index in [0.717, 1.165) is 13.1 Å². The predicted molar refractivity (Wildman–Crippen MR) is 57.8 cm³/mol. The number of rotatable bonds is 6. The molecule has 0 aliphatic heterocycles. The normalized spacial score (nSPS) is 12.5. The molecule has 0 aliphatic rings. The summed E-state index contributed by atoms with van der Waals surface area (Å²) in [7, 11) is 0. The van der Waals surface area contributed by atoms with Crippen LogP contribution >= 0.6 is 0 Å². The van der Waals surface area contributed by atoms with Gasteiger partial charge in [-0.1, -0.05) is 27.7 Å². The minimum Gasteiger partial charge on any atom is -0.146 e. The Kier molecular flexibility index (Phi) is 6.35. The Hall–Kier alpha value is -0.0800. The van der Waals surface area contributed by atoms with E-state index in [1.165, 1.54) is 0 Å². The molecule has 0 rings (SSSR count). The van der Waals surface area contributed by atoms with E-state index in [1.54, 1.807) is 0 Å². The molecule has 0 saturated heterocycles. The first kappa shape index (κ1) is 12.9. The Morgan fingerprint density at radius 3 is 1.46 bits per heavy atom. The van der Waals surface area contributed by atoms with Crippen LogP contribution in [-0.4, -0.2) is 19.2 Å².